The first kappa shape index (κ1) is 20.4. The molecule has 1 N–H and O–H groups in total. The van der Waals surface area contributed by atoms with Crippen molar-refractivity contribution >= 4 is 40.5 Å². The van der Waals surface area contributed by atoms with Crippen molar-refractivity contribution < 1.29 is 14.5 Å². The molecule has 1 atom stereocenters. The number of anilines is 1. The molecule has 2 aromatic rings. The van der Waals surface area contributed by atoms with E-state index in [9.17, 15) is 14.9 Å². The molecule has 0 aliphatic carbocycles. The first-order valence-electron chi connectivity index (χ1n) is 8.74. The number of nitro groups is 1. The van der Waals surface area contributed by atoms with Gasteiger partial charge in [0.05, 0.1) is 34.2 Å². The number of ether oxygens (including phenoxy) is 1. The maximum atomic E-state index is 12.6. The number of nitrogens with one attached hydrogen (secondary N) is 1. The molecule has 1 amide bonds. The summed E-state index contributed by atoms with van der Waals surface area (Å²) in [6.07, 6.45) is 0. The molecule has 1 fully saturated rings. The van der Waals surface area contributed by atoms with E-state index in [1.807, 2.05) is 6.92 Å². The number of hydrogen-bond acceptors (Lipinski definition) is 5. The van der Waals surface area contributed by atoms with E-state index in [0.717, 1.165) is 5.56 Å². The average molecular weight is 424 g/mol. The fraction of sp³-hybridized carbons (Fsp3) is 0.316. The van der Waals surface area contributed by atoms with E-state index < -0.39 is 4.92 Å². The molecule has 1 unspecified atom stereocenters. The third kappa shape index (κ3) is 4.38. The Hall–Kier alpha value is -2.35. The fourth-order valence-electron chi connectivity index (χ4n) is 3.05. The molecule has 7 nitrogen and oxygen atoms in total. The third-order valence-electron chi connectivity index (χ3n) is 4.56. The smallest absolute Gasteiger partial charge is 0.293 e. The highest BCUT2D eigenvalue weighted by molar-refractivity contribution is 6.42. The Morgan fingerprint density at radius 3 is 2.64 bits per heavy atom. The summed E-state index contributed by atoms with van der Waals surface area (Å²) in [6, 6.07) is 9.33. The summed E-state index contributed by atoms with van der Waals surface area (Å²) < 4.78 is 5.24. The fourth-order valence-corrected chi connectivity index (χ4v) is 3.52. The number of nitro benzene ring substituents is 1. The Balaban J connectivity index is 1.86. The summed E-state index contributed by atoms with van der Waals surface area (Å²) in [5, 5.41) is 15.5. The predicted molar refractivity (Wildman–Crippen MR) is 108 cm³/mol. The van der Waals surface area contributed by atoms with Crippen LogP contribution in [0.2, 0.25) is 10.0 Å². The van der Waals surface area contributed by atoms with Gasteiger partial charge in [-0.2, -0.15) is 0 Å². The van der Waals surface area contributed by atoms with Crippen LogP contribution in [-0.4, -0.2) is 42.0 Å². The lowest BCUT2D eigenvalue weighted by atomic mass is 10.1. The van der Waals surface area contributed by atoms with Crippen molar-refractivity contribution in [1.29, 1.82) is 0 Å². The van der Waals surface area contributed by atoms with Crippen LogP contribution in [0.3, 0.4) is 0 Å². The number of hydrogen-bond donors (Lipinski definition) is 1. The van der Waals surface area contributed by atoms with E-state index >= 15 is 0 Å². The minimum absolute atomic E-state index is 0.177. The topological polar surface area (TPSA) is 84.7 Å². The molecule has 2 aromatic carbocycles. The zero-order chi connectivity index (χ0) is 20.3. The van der Waals surface area contributed by atoms with Gasteiger partial charge in [0, 0.05) is 24.7 Å². The Labute approximate surface area is 172 Å². The first-order valence-corrected chi connectivity index (χ1v) is 9.50. The van der Waals surface area contributed by atoms with Gasteiger partial charge in [-0.1, -0.05) is 35.3 Å². The van der Waals surface area contributed by atoms with Crippen LogP contribution in [0.4, 0.5) is 11.4 Å². The highest BCUT2D eigenvalue weighted by Crippen LogP contribution is 2.34. The van der Waals surface area contributed by atoms with Crippen LogP contribution < -0.4 is 5.32 Å². The van der Waals surface area contributed by atoms with Crippen LogP contribution in [0, 0.1) is 10.1 Å². The Morgan fingerprint density at radius 2 is 1.96 bits per heavy atom. The number of morpholine rings is 1. The van der Waals surface area contributed by atoms with E-state index in [1.165, 1.54) is 6.07 Å². The molecule has 1 heterocycles. The molecule has 9 heteroatoms. The van der Waals surface area contributed by atoms with Gasteiger partial charge in [0.15, 0.2) is 0 Å². The van der Waals surface area contributed by atoms with Crippen molar-refractivity contribution in [3.05, 3.63) is 67.7 Å². The molecule has 148 valence electrons. The van der Waals surface area contributed by atoms with Crippen LogP contribution in [0.25, 0.3) is 0 Å². The molecule has 0 radical (unpaired) electrons. The van der Waals surface area contributed by atoms with E-state index in [1.54, 1.807) is 35.2 Å². The number of benzene rings is 2. The van der Waals surface area contributed by atoms with E-state index in [2.05, 4.69) is 5.32 Å². The molecule has 0 saturated carbocycles. The predicted octanol–water partition coefficient (Wildman–Crippen LogP) is 4.55. The maximum Gasteiger partial charge on any atom is 0.293 e. The SMILES string of the molecule is CC(Nc1ccc(C(=O)N2CCOCC2)cc1[N+](=O)[O-])c1cccc(Cl)c1Cl. The van der Waals surface area contributed by atoms with E-state index in [4.69, 9.17) is 27.9 Å². The number of nitrogens with zero attached hydrogens (tertiary/aromatic N) is 2. The van der Waals surface area contributed by atoms with Crippen molar-refractivity contribution in [3.8, 4) is 0 Å². The second kappa shape index (κ2) is 8.77. The highest BCUT2D eigenvalue weighted by Gasteiger charge is 2.24. The molecule has 0 bridgehead atoms. The van der Waals surface area contributed by atoms with Crippen molar-refractivity contribution in [2.24, 2.45) is 0 Å². The zero-order valence-corrected chi connectivity index (χ0v) is 16.7. The van der Waals surface area contributed by atoms with Gasteiger partial charge in [-0.3, -0.25) is 14.9 Å². The van der Waals surface area contributed by atoms with Gasteiger partial charge in [0.25, 0.3) is 11.6 Å². The Bertz CT molecular complexity index is 901. The summed E-state index contributed by atoms with van der Waals surface area (Å²) >= 11 is 12.3. The first-order chi connectivity index (χ1) is 13.4. The van der Waals surface area contributed by atoms with Gasteiger partial charge in [0.2, 0.25) is 0 Å². The highest BCUT2D eigenvalue weighted by atomic mass is 35.5. The number of carbonyl (C=O) groups is 1. The summed E-state index contributed by atoms with van der Waals surface area (Å²) in [5.41, 5.74) is 1.11. The molecule has 3 rings (SSSR count). The monoisotopic (exact) mass is 423 g/mol. The van der Waals surface area contributed by atoms with Crippen molar-refractivity contribution in [1.82, 2.24) is 4.90 Å². The normalized spacial score (nSPS) is 15.2. The molecular weight excluding hydrogens is 405 g/mol. The number of halogens is 2. The summed E-state index contributed by atoms with van der Waals surface area (Å²) in [7, 11) is 0. The number of amides is 1. The van der Waals surface area contributed by atoms with E-state index in [0.29, 0.717) is 42.0 Å². The Kier molecular flexibility index (Phi) is 6.39. The van der Waals surface area contributed by atoms with Crippen LogP contribution in [0.5, 0.6) is 0 Å². The van der Waals surface area contributed by atoms with Crippen LogP contribution in [-0.2, 0) is 4.74 Å². The van der Waals surface area contributed by atoms with Gasteiger partial charge in [-0.15, -0.1) is 0 Å². The molecule has 0 aromatic heterocycles. The second-order valence-corrected chi connectivity index (χ2v) is 7.19. The standard InChI is InChI=1S/C19H19Cl2N3O4/c1-12(14-3-2-4-15(20)18(14)21)22-16-6-5-13(11-17(16)24(26)27)19(25)23-7-9-28-10-8-23/h2-6,11-12,22H,7-10H2,1H3. The molecule has 28 heavy (non-hydrogen) atoms. The summed E-state index contributed by atoms with van der Waals surface area (Å²) in [5.74, 6) is -0.246. The van der Waals surface area contributed by atoms with Crippen molar-refractivity contribution in [3.63, 3.8) is 0 Å². The molecular formula is C19H19Cl2N3O4. The summed E-state index contributed by atoms with van der Waals surface area (Å²) in [6.45, 7) is 3.69. The van der Waals surface area contributed by atoms with Crippen molar-refractivity contribution in [2.75, 3.05) is 31.6 Å². The molecule has 1 saturated heterocycles. The maximum absolute atomic E-state index is 12.6. The lowest BCUT2D eigenvalue weighted by Gasteiger charge is -2.27. The van der Waals surface area contributed by atoms with E-state index in [-0.39, 0.29) is 23.2 Å². The van der Waals surface area contributed by atoms with Gasteiger partial charge in [-0.05, 0) is 30.7 Å². The second-order valence-electron chi connectivity index (χ2n) is 6.40. The van der Waals surface area contributed by atoms with Gasteiger partial charge < -0.3 is 15.0 Å². The van der Waals surface area contributed by atoms with Gasteiger partial charge in [0.1, 0.15) is 5.69 Å². The van der Waals surface area contributed by atoms with Gasteiger partial charge >= 0.3 is 0 Å². The average Bonchev–Trinajstić information content (AvgIpc) is 2.70. The molecule has 1 aliphatic rings. The number of carbonyl (C=O) groups excluding carboxylic acids is 1. The lowest BCUT2D eigenvalue weighted by Crippen LogP contribution is -2.40. The summed E-state index contributed by atoms with van der Waals surface area (Å²) in [4.78, 5) is 25.3. The molecule has 0 spiro atoms. The minimum atomic E-state index is -0.509. The van der Waals surface area contributed by atoms with Crippen molar-refractivity contribution in [2.45, 2.75) is 13.0 Å². The third-order valence-corrected chi connectivity index (χ3v) is 5.39. The van der Waals surface area contributed by atoms with Crippen LogP contribution in [0.15, 0.2) is 36.4 Å². The number of rotatable bonds is 5. The van der Waals surface area contributed by atoms with Gasteiger partial charge in [-0.25, -0.2) is 0 Å². The quantitative estimate of drug-likeness (QED) is 0.563. The largest absolute Gasteiger partial charge is 0.378 e. The Morgan fingerprint density at radius 1 is 1.25 bits per heavy atom. The zero-order valence-electron chi connectivity index (χ0n) is 15.2. The lowest BCUT2D eigenvalue weighted by molar-refractivity contribution is -0.384. The molecule has 1 aliphatic heterocycles. The minimum Gasteiger partial charge on any atom is -0.378 e. The van der Waals surface area contributed by atoms with Crippen LogP contribution in [0.1, 0.15) is 28.9 Å². The van der Waals surface area contributed by atoms with Crippen LogP contribution >= 0.6 is 23.2 Å².